The van der Waals surface area contributed by atoms with Crippen LogP contribution in [0.25, 0.3) is 0 Å². The molecule has 1 N–H and O–H groups in total. The lowest BCUT2D eigenvalue weighted by molar-refractivity contribution is 0.324. The predicted molar refractivity (Wildman–Crippen MR) is 86.5 cm³/mol. The highest BCUT2D eigenvalue weighted by Crippen LogP contribution is 2.40. The largest absolute Gasteiger partial charge is 0.493 e. The van der Waals surface area contributed by atoms with Crippen LogP contribution in [0.15, 0.2) is 16.7 Å². The van der Waals surface area contributed by atoms with Crippen molar-refractivity contribution in [2.45, 2.75) is 32.7 Å². The Hall–Kier alpha value is -2.44. The molecule has 0 fully saturated rings. The van der Waals surface area contributed by atoms with Crippen LogP contribution in [0.3, 0.4) is 0 Å². The maximum absolute atomic E-state index is 5.35. The van der Waals surface area contributed by atoms with Crippen LogP contribution in [0.1, 0.15) is 44.4 Å². The van der Waals surface area contributed by atoms with Gasteiger partial charge >= 0.3 is 0 Å². The van der Waals surface area contributed by atoms with Gasteiger partial charge in [-0.05, 0) is 6.92 Å². The molecule has 7 nitrogen and oxygen atoms in total. The molecule has 0 saturated carbocycles. The summed E-state index contributed by atoms with van der Waals surface area (Å²) in [6.07, 6.45) is 0. The Morgan fingerprint density at radius 3 is 2.04 bits per heavy atom. The Balaban J connectivity index is 2.24. The molecule has 1 heterocycles. The van der Waals surface area contributed by atoms with Crippen LogP contribution in [0.4, 0.5) is 5.69 Å². The molecule has 0 amide bonds. The molecule has 0 radical (unpaired) electrons. The van der Waals surface area contributed by atoms with Gasteiger partial charge in [-0.15, -0.1) is 0 Å². The van der Waals surface area contributed by atoms with Crippen LogP contribution in [0.5, 0.6) is 17.2 Å². The summed E-state index contributed by atoms with van der Waals surface area (Å²) in [5.74, 6) is 3.15. The molecule has 1 aromatic heterocycles. The molecule has 7 heteroatoms. The second kappa shape index (κ2) is 7.21. The van der Waals surface area contributed by atoms with Crippen molar-refractivity contribution in [1.82, 2.24) is 10.1 Å². The van der Waals surface area contributed by atoms with E-state index in [1.807, 2.05) is 32.9 Å². The van der Waals surface area contributed by atoms with Gasteiger partial charge in [-0.1, -0.05) is 19.0 Å². The van der Waals surface area contributed by atoms with Crippen LogP contribution in [0.2, 0.25) is 0 Å². The number of hydrogen-bond donors (Lipinski definition) is 1. The third-order valence-corrected chi connectivity index (χ3v) is 3.39. The van der Waals surface area contributed by atoms with Crippen molar-refractivity contribution in [3.8, 4) is 17.2 Å². The lowest BCUT2D eigenvalue weighted by Crippen LogP contribution is -2.08. The first-order chi connectivity index (χ1) is 11.0. The maximum Gasteiger partial charge on any atom is 0.248 e. The Morgan fingerprint density at radius 1 is 1.00 bits per heavy atom. The molecule has 0 bridgehead atoms. The molecule has 2 aromatic rings. The van der Waals surface area contributed by atoms with Gasteiger partial charge < -0.3 is 24.1 Å². The standard InChI is InChI=1S/C16H23N3O4/c1-9(2)15-18-16(23-19-15)10(3)17-11-7-12(20-4)14(22-6)13(8-11)21-5/h7-10,17H,1-6H3/t10-/m1/s1. The van der Waals surface area contributed by atoms with Gasteiger partial charge in [0.15, 0.2) is 17.3 Å². The molecule has 0 aliphatic rings. The Morgan fingerprint density at radius 2 is 1.61 bits per heavy atom. The van der Waals surface area contributed by atoms with Gasteiger partial charge in [0.1, 0.15) is 6.04 Å². The van der Waals surface area contributed by atoms with E-state index in [1.54, 1.807) is 21.3 Å². The van der Waals surface area contributed by atoms with E-state index in [4.69, 9.17) is 18.7 Å². The molecule has 0 saturated heterocycles. The van der Waals surface area contributed by atoms with Crippen molar-refractivity contribution in [3.05, 3.63) is 23.8 Å². The van der Waals surface area contributed by atoms with Gasteiger partial charge in [-0.3, -0.25) is 0 Å². The molecule has 0 aliphatic heterocycles. The number of hydrogen-bond acceptors (Lipinski definition) is 7. The SMILES string of the molecule is COc1cc(N[C@H](C)c2nc(C(C)C)no2)cc(OC)c1OC. The van der Waals surface area contributed by atoms with Gasteiger partial charge in [0.05, 0.1) is 21.3 Å². The van der Waals surface area contributed by atoms with E-state index < -0.39 is 0 Å². The smallest absolute Gasteiger partial charge is 0.248 e. The minimum absolute atomic E-state index is 0.155. The summed E-state index contributed by atoms with van der Waals surface area (Å²) >= 11 is 0. The Kier molecular flexibility index (Phi) is 5.31. The average molecular weight is 321 g/mol. The number of ether oxygens (including phenoxy) is 3. The molecule has 0 spiro atoms. The van der Waals surface area contributed by atoms with Crippen molar-refractivity contribution in [3.63, 3.8) is 0 Å². The van der Waals surface area contributed by atoms with Crippen molar-refractivity contribution < 1.29 is 18.7 Å². The van der Waals surface area contributed by atoms with Crippen LogP contribution < -0.4 is 19.5 Å². The van der Waals surface area contributed by atoms with E-state index >= 15 is 0 Å². The highest BCUT2D eigenvalue weighted by molar-refractivity contribution is 5.62. The van der Waals surface area contributed by atoms with Gasteiger partial charge in [0.2, 0.25) is 11.6 Å². The number of nitrogens with zero attached hydrogens (tertiary/aromatic N) is 2. The number of rotatable bonds is 7. The summed E-state index contributed by atoms with van der Waals surface area (Å²) in [6, 6.07) is 3.51. The minimum atomic E-state index is -0.155. The third-order valence-electron chi connectivity index (χ3n) is 3.39. The first-order valence-corrected chi connectivity index (χ1v) is 7.40. The van der Waals surface area contributed by atoms with E-state index in [2.05, 4.69) is 15.5 Å². The first-order valence-electron chi connectivity index (χ1n) is 7.40. The van der Waals surface area contributed by atoms with Crippen LogP contribution >= 0.6 is 0 Å². The number of nitrogens with one attached hydrogen (secondary N) is 1. The van der Waals surface area contributed by atoms with Gasteiger partial charge in [0.25, 0.3) is 0 Å². The average Bonchev–Trinajstić information content (AvgIpc) is 3.04. The summed E-state index contributed by atoms with van der Waals surface area (Å²) in [7, 11) is 4.73. The quantitative estimate of drug-likeness (QED) is 0.837. The van der Waals surface area contributed by atoms with Crippen molar-refractivity contribution in [2.24, 2.45) is 0 Å². The monoisotopic (exact) mass is 321 g/mol. The van der Waals surface area contributed by atoms with E-state index in [9.17, 15) is 0 Å². The van der Waals surface area contributed by atoms with Crippen molar-refractivity contribution >= 4 is 5.69 Å². The summed E-state index contributed by atoms with van der Waals surface area (Å²) in [6.45, 7) is 5.98. The fourth-order valence-corrected chi connectivity index (χ4v) is 2.13. The number of benzene rings is 1. The van der Waals surface area contributed by atoms with Gasteiger partial charge in [0, 0.05) is 23.7 Å². The molecule has 126 valence electrons. The molecule has 0 aliphatic carbocycles. The number of anilines is 1. The molecule has 1 aromatic carbocycles. The summed E-state index contributed by atoms with van der Waals surface area (Å²) in [5, 5.41) is 7.28. The Labute approximate surface area is 135 Å². The van der Waals surface area contributed by atoms with Crippen LogP contribution in [-0.4, -0.2) is 31.5 Å². The maximum atomic E-state index is 5.35. The van der Waals surface area contributed by atoms with E-state index in [1.165, 1.54) is 0 Å². The molecule has 23 heavy (non-hydrogen) atoms. The van der Waals surface area contributed by atoms with Crippen LogP contribution in [0, 0.1) is 0 Å². The molecule has 0 unspecified atom stereocenters. The molecular formula is C16H23N3O4. The fourth-order valence-electron chi connectivity index (χ4n) is 2.13. The van der Waals surface area contributed by atoms with E-state index in [0.29, 0.717) is 29.0 Å². The molecular weight excluding hydrogens is 298 g/mol. The lowest BCUT2D eigenvalue weighted by Gasteiger charge is -2.16. The summed E-state index contributed by atoms with van der Waals surface area (Å²) < 4.78 is 21.3. The lowest BCUT2D eigenvalue weighted by atomic mass is 10.2. The second-order valence-electron chi connectivity index (χ2n) is 5.43. The normalized spacial score (nSPS) is 12.1. The summed E-state index contributed by atoms with van der Waals surface area (Å²) in [5.41, 5.74) is 0.802. The molecule has 1 atom stereocenters. The Bertz CT molecular complexity index is 630. The number of methoxy groups -OCH3 is 3. The molecule has 2 rings (SSSR count). The zero-order chi connectivity index (χ0) is 17.0. The zero-order valence-electron chi connectivity index (χ0n) is 14.3. The highest BCUT2D eigenvalue weighted by Gasteiger charge is 2.18. The zero-order valence-corrected chi connectivity index (χ0v) is 14.3. The fraction of sp³-hybridized carbons (Fsp3) is 0.500. The predicted octanol–water partition coefficient (Wildman–Crippen LogP) is 3.39. The third kappa shape index (κ3) is 3.67. The minimum Gasteiger partial charge on any atom is -0.493 e. The first kappa shape index (κ1) is 16.9. The van der Waals surface area contributed by atoms with E-state index in [0.717, 1.165) is 5.69 Å². The van der Waals surface area contributed by atoms with Crippen LogP contribution in [-0.2, 0) is 0 Å². The van der Waals surface area contributed by atoms with Crippen molar-refractivity contribution in [2.75, 3.05) is 26.6 Å². The van der Waals surface area contributed by atoms with E-state index in [-0.39, 0.29) is 12.0 Å². The van der Waals surface area contributed by atoms with Gasteiger partial charge in [-0.2, -0.15) is 4.98 Å². The second-order valence-corrected chi connectivity index (χ2v) is 5.43. The summed E-state index contributed by atoms with van der Waals surface area (Å²) in [4.78, 5) is 4.40. The topological polar surface area (TPSA) is 78.6 Å². The van der Waals surface area contributed by atoms with Gasteiger partial charge in [-0.25, -0.2) is 0 Å². The van der Waals surface area contributed by atoms with Crippen molar-refractivity contribution in [1.29, 1.82) is 0 Å². The highest BCUT2D eigenvalue weighted by atomic mass is 16.5. The number of aromatic nitrogens is 2.